The zero-order chi connectivity index (χ0) is 18.1. The van der Waals surface area contributed by atoms with Gasteiger partial charge in [-0.15, -0.1) is 0 Å². The molecule has 2 rings (SSSR count). The number of carbonyl (C=O) groups is 1. The van der Waals surface area contributed by atoms with E-state index < -0.39 is 16.1 Å². The number of carbonyl (C=O) groups excluding carboxylic acids is 1. The van der Waals surface area contributed by atoms with Crippen LogP contribution in [0.5, 0.6) is 0 Å². The summed E-state index contributed by atoms with van der Waals surface area (Å²) in [6, 6.07) is -0.858. The highest BCUT2D eigenvalue weighted by Gasteiger charge is 2.27. The van der Waals surface area contributed by atoms with E-state index in [0.29, 0.717) is 11.1 Å². The Bertz CT molecular complexity index is 840. The Balaban J connectivity index is 2.60. The van der Waals surface area contributed by atoms with Gasteiger partial charge in [0.1, 0.15) is 12.7 Å². The average Bonchev–Trinajstić information content (AvgIpc) is 3.01. The maximum absolute atomic E-state index is 12.8. The molecule has 0 aliphatic heterocycles. The average molecular weight is 350 g/mol. The third kappa shape index (κ3) is 3.06. The van der Waals surface area contributed by atoms with Crippen LogP contribution in [0.15, 0.2) is 17.6 Å². The Morgan fingerprint density at radius 2 is 1.62 bits per heavy atom. The highest BCUT2D eigenvalue weighted by Crippen LogP contribution is 2.31. The Morgan fingerprint density at radius 3 is 2.04 bits per heavy atom. The molecule has 0 atom stereocenters. The molecule has 130 valence electrons. The van der Waals surface area contributed by atoms with E-state index in [1.165, 1.54) is 6.33 Å². The molecule has 1 aromatic heterocycles. The van der Waals surface area contributed by atoms with Gasteiger partial charge in [-0.2, -0.15) is 9.78 Å². The van der Waals surface area contributed by atoms with Crippen LogP contribution in [0.2, 0.25) is 0 Å². The molecule has 0 spiro atoms. The summed E-state index contributed by atoms with van der Waals surface area (Å²) in [5.41, 5.74) is 4.50. The van der Waals surface area contributed by atoms with Crippen LogP contribution < -0.4 is 4.72 Å². The topological polar surface area (TPSA) is 94.0 Å². The van der Waals surface area contributed by atoms with E-state index in [4.69, 9.17) is 0 Å². The quantitative estimate of drug-likeness (QED) is 0.913. The van der Waals surface area contributed by atoms with Crippen molar-refractivity contribution in [1.29, 1.82) is 0 Å². The van der Waals surface area contributed by atoms with Crippen molar-refractivity contribution in [2.75, 3.05) is 0 Å². The SMILES string of the molecule is CCc1c(C)c(CC)c(C)c(S(=O)(=O)NC(=O)n2cncn2)c1C. The molecular weight excluding hydrogens is 328 g/mol. The van der Waals surface area contributed by atoms with Crippen LogP contribution in [-0.2, 0) is 22.9 Å². The van der Waals surface area contributed by atoms with Gasteiger partial charge in [-0.1, -0.05) is 13.8 Å². The van der Waals surface area contributed by atoms with Crippen LogP contribution in [0.4, 0.5) is 4.79 Å². The summed E-state index contributed by atoms with van der Waals surface area (Å²) in [4.78, 5) is 15.9. The van der Waals surface area contributed by atoms with Gasteiger partial charge in [-0.3, -0.25) is 0 Å². The minimum Gasteiger partial charge on any atom is -0.245 e. The van der Waals surface area contributed by atoms with Crippen LogP contribution in [0.25, 0.3) is 0 Å². The van der Waals surface area contributed by atoms with Crippen molar-refractivity contribution >= 4 is 16.1 Å². The third-order valence-electron chi connectivity index (χ3n) is 4.32. The molecule has 1 amide bonds. The third-order valence-corrected chi connectivity index (χ3v) is 5.91. The highest BCUT2D eigenvalue weighted by atomic mass is 32.2. The molecule has 0 fully saturated rings. The number of amides is 1. The maximum Gasteiger partial charge on any atom is 0.357 e. The van der Waals surface area contributed by atoms with Crippen molar-refractivity contribution < 1.29 is 13.2 Å². The number of rotatable bonds is 4. The van der Waals surface area contributed by atoms with E-state index in [0.717, 1.165) is 40.5 Å². The minimum absolute atomic E-state index is 0.176. The maximum atomic E-state index is 12.8. The van der Waals surface area contributed by atoms with Gasteiger partial charge in [0.2, 0.25) is 0 Å². The van der Waals surface area contributed by atoms with E-state index in [1.54, 1.807) is 13.8 Å². The Kier molecular flexibility index (Phi) is 5.08. The van der Waals surface area contributed by atoms with Crippen molar-refractivity contribution in [3.05, 3.63) is 40.5 Å². The predicted octanol–water partition coefficient (Wildman–Crippen LogP) is 2.27. The first-order valence-electron chi connectivity index (χ1n) is 7.77. The molecule has 7 nitrogen and oxygen atoms in total. The lowest BCUT2D eigenvalue weighted by Crippen LogP contribution is -2.35. The fraction of sp³-hybridized carbons (Fsp3) is 0.438. The molecule has 0 saturated heterocycles. The van der Waals surface area contributed by atoms with Crippen molar-refractivity contribution in [1.82, 2.24) is 19.5 Å². The summed E-state index contributed by atoms with van der Waals surface area (Å²) in [7, 11) is -4.02. The molecule has 1 heterocycles. The summed E-state index contributed by atoms with van der Waals surface area (Å²) < 4.78 is 28.6. The van der Waals surface area contributed by atoms with Crippen molar-refractivity contribution in [2.45, 2.75) is 52.4 Å². The number of nitrogens with zero attached hydrogens (tertiary/aromatic N) is 3. The lowest BCUT2D eigenvalue weighted by atomic mass is 9.91. The van der Waals surface area contributed by atoms with E-state index in [-0.39, 0.29) is 4.90 Å². The largest absolute Gasteiger partial charge is 0.357 e. The number of nitrogens with one attached hydrogen (secondary N) is 1. The Labute approximate surface area is 142 Å². The molecular formula is C16H22N4O3S. The minimum atomic E-state index is -4.02. The summed E-state index contributed by atoms with van der Waals surface area (Å²) in [6.45, 7) is 9.57. The molecule has 0 bridgehead atoms. The molecule has 2 aromatic rings. The lowest BCUT2D eigenvalue weighted by molar-refractivity contribution is 0.244. The molecule has 0 aliphatic carbocycles. The second kappa shape index (κ2) is 6.72. The second-order valence-electron chi connectivity index (χ2n) is 5.62. The summed E-state index contributed by atoms with van der Waals surface area (Å²) in [6.07, 6.45) is 3.77. The van der Waals surface area contributed by atoms with Crippen LogP contribution in [-0.4, -0.2) is 29.2 Å². The first-order chi connectivity index (χ1) is 11.2. The van der Waals surface area contributed by atoms with Gasteiger partial charge in [0.15, 0.2) is 0 Å². The van der Waals surface area contributed by atoms with Gasteiger partial charge < -0.3 is 0 Å². The number of hydrogen-bond acceptors (Lipinski definition) is 5. The summed E-state index contributed by atoms with van der Waals surface area (Å²) >= 11 is 0. The molecule has 1 N–H and O–H groups in total. The molecule has 24 heavy (non-hydrogen) atoms. The number of hydrogen-bond donors (Lipinski definition) is 1. The van der Waals surface area contributed by atoms with Crippen molar-refractivity contribution in [3.8, 4) is 0 Å². The predicted molar refractivity (Wildman–Crippen MR) is 90.5 cm³/mol. The molecule has 0 unspecified atom stereocenters. The van der Waals surface area contributed by atoms with Gasteiger partial charge >= 0.3 is 6.03 Å². The normalized spacial score (nSPS) is 11.5. The Hall–Kier alpha value is -2.22. The fourth-order valence-corrected chi connectivity index (χ4v) is 4.77. The van der Waals surface area contributed by atoms with Gasteiger partial charge in [-0.25, -0.2) is 22.9 Å². The molecule has 0 radical (unpaired) electrons. The van der Waals surface area contributed by atoms with E-state index in [9.17, 15) is 13.2 Å². The summed E-state index contributed by atoms with van der Waals surface area (Å²) in [5, 5.41) is 3.65. The van der Waals surface area contributed by atoms with Crippen molar-refractivity contribution in [3.63, 3.8) is 0 Å². The van der Waals surface area contributed by atoms with Gasteiger partial charge in [0.05, 0.1) is 4.90 Å². The smallest absolute Gasteiger partial charge is 0.245 e. The van der Waals surface area contributed by atoms with E-state index in [1.807, 2.05) is 20.8 Å². The number of aromatic nitrogens is 3. The molecule has 1 aromatic carbocycles. The first-order valence-corrected chi connectivity index (χ1v) is 9.26. The first kappa shape index (κ1) is 18.1. The van der Waals surface area contributed by atoms with Crippen LogP contribution in [0, 0.1) is 20.8 Å². The lowest BCUT2D eigenvalue weighted by Gasteiger charge is -2.21. The molecule has 0 aliphatic rings. The van der Waals surface area contributed by atoms with Gasteiger partial charge in [-0.05, 0) is 61.4 Å². The molecule has 8 heteroatoms. The number of sulfonamides is 1. The van der Waals surface area contributed by atoms with E-state index in [2.05, 4.69) is 14.8 Å². The van der Waals surface area contributed by atoms with E-state index >= 15 is 0 Å². The van der Waals surface area contributed by atoms with Crippen LogP contribution in [0.1, 0.15) is 41.7 Å². The van der Waals surface area contributed by atoms with Crippen LogP contribution >= 0.6 is 0 Å². The monoisotopic (exact) mass is 350 g/mol. The van der Waals surface area contributed by atoms with Gasteiger partial charge in [0.25, 0.3) is 10.0 Å². The van der Waals surface area contributed by atoms with Gasteiger partial charge in [0, 0.05) is 0 Å². The van der Waals surface area contributed by atoms with Crippen molar-refractivity contribution in [2.24, 2.45) is 0 Å². The highest BCUT2D eigenvalue weighted by molar-refractivity contribution is 7.90. The zero-order valence-corrected chi connectivity index (χ0v) is 15.4. The summed E-state index contributed by atoms with van der Waals surface area (Å²) in [5.74, 6) is 0. The Morgan fingerprint density at radius 1 is 1.08 bits per heavy atom. The standard InChI is InChI=1S/C16H22N4O3S/c1-6-13-10(3)14(7-2)12(5)15(11(13)4)24(22,23)19-16(21)20-9-17-8-18-20/h8-9H,6-7H2,1-5H3,(H,19,21). The molecule has 0 saturated carbocycles. The fourth-order valence-electron chi connectivity index (χ4n) is 3.29. The van der Waals surface area contributed by atoms with Crippen LogP contribution in [0.3, 0.4) is 0 Å². The second-order valence-corrected chi connectivity index (χ2v) is 7.24. The zero-order valence-electron chi connectivity index (χ0n) is 14.5. The number of benzene rings is 1.